The van der Waals surface area contributed by atoms with Crippen molar-refractivity contribution >= 4 is 27.6 Å². The highest BCUT2D eigenvalue weighted by molar-refractivity contribution is 7.99. The maximum atomic E-state index is 12.8. The molecule has 0 unspecified atom stereocenters. The smallest absolute Gasteiger partial charge is 0.243 e. The lowest BCUT2D eigenvalue weighted by molar-refractivity contribution is 0.101. The number of Topliss-reactive ketones (excluding diaryl/α,β-unsaturated/α-hetero) is 1. The van der Waals surface area contributed by atoms with E-state index in [1.807, 2.05) is 11.8 Å². The van der Waals surface area contributed by atoms with Gasteiger partial charge < -0.3 is 0 Å². The Morgan fingerprint density at radius 1 is 0.964 bits per heavy atom. The minimum absolute atomic E-state index is 0.0685. The molecule has 0 atom stereocenters. The van der Waals surface area contributed by atoms with Crippen molar-refractivity contribution < 1.29 is 13.2 Å². The molecule has 1 aliphatic rings. The third kappa shape index (κ3) is 5.23. The van der Waals surface area contributed by atoms with Crippen molar-refractivity contribution in [2.24, 2.45) is 0 Å². The lowest BCUT2D eigenvalue weighted by atomic mass is 10.2. The largest absolute Gasteiger partial charge is 0.300 e. The number of hydrogen-bond acceptors (Lipinski definition) is 5. The summed E-state index contributed by atoms with van der Waals surface area (Å²) < 4.78 is 27.2. The molecule has 0 bridgehead atoms. The molecule has 1 fully saturated rings. The molecule has 0 N–H and O–H groups in total. The van der Waals surface area contributed by atoms with Crippen molar-refractivity contribution in [3.05, 3.63) is 59.7 Å². The fraction of sp³-hybridized carbons (Fsp3) is 0.381. The van der Waals surface area contributed by atoms with Crippen LogP contribution in [-0.4, -0.2) is 61.9 Å². The highest BCUT2D eigenvalue weighted by Crippen LogP contribution is 2.21. The zero-order chi connectivity index (χ0) is 20.1. The number of hydrogen-bond donors (Lipinski definition) is 0. The predicted octanol–water partition coefficient (Wildman–Crippen LogP) is 3.30. The minimum Gasteiger partial charge on any atom is -0.300 e. The van der Waals surface area contributed by atoms with E-state index in [4.69, 9.17) is 0 Å². The van der Waals surface area contributed by atoms with Crippen LogP contribution >= 0.6 is 11.8 Å². The number of rotatable bonds is 7. The van der Waals surface area contributed by atoms with E-state index in [0.717, 1.165) is 25.4 Å². The average molecular weight is 419 g/mol. The normalized spacial score (nSPS) is 16.2. The standard InChI is InChI=1S/C21H26N2O3S2/c1-17-3-7-20(8-4-17)27-16-15-22-11-13-23(14-12-22)28(25,26)21-9-5-19(6-10-21)18(2)24/h3-10H,11-16H2,1-2H3. The van der Waals surface area contributed by atoms with Gasteiger partial charge in [-0.1, -0.05) is 29.8 Å². The summed E-state index contributed by atoms with van der Waals surface area (Å²) in [5.74, 6) is 0.920. The fourth-order valence-electron chi connectivity index (χ4n) is 3.13. The van der Waals surface area contributed by atoms with Gasteiger partial charge in [0.15, 0.2) is 5.78 Å². The van der Waals surface area contributed by atoms with Gasteiger partial charge in [-0.25, -0.2) is 8.42 Å². The van der Waals surface area contributed by atoms with E-state index >= 15 is 0 Å². The van der Waals surface area contributed by atoms with E-state index in [0.29, 0.717) is 18.7 Å². The molecule has 0 aromatic heterocycles. The highest BCUT2D eigenvalue weighted by atomic mass is 32.2. The van der Waals surface area contributed by atoms with E-state index in [2.05, 4.69) is 36.1 Å². The summed E-state index contributed by atoms with van der Waals surface area (Å²) in [7, 11) is -3.51. The number of piperazine rings is 1. The fourth-order valence-corrected chi connectivity index (χ4v) is 5.47. The van der Waals surface area contributed by atoms with Crippen molar-refractivity contribution in [1.29, 1.82) is 0 Å². The third-order valence-corrected chi connectivity index (χ3v) is 7.83. The number of sulfonamides is 1. The number of thioether (sulfide) groups is 1. The molecule has 0 amide bonds. The first-order valence-corrected chi connectivity index (χ1v) is 11.8. The van der Waals surface area contributed by atoms with E-state index in [1.54, 1.807) is 16.4 Å². The molecule has 150 valence electrons. The number of carbonyl (C=O) groups excluding carboxylic acids is 1. The second kappa shape index (κ2) is 9.22. The van der Waals surface area contributed by atoms with Gasteiger partial charge in [-0.2, -0.15) is 4.31 Å². The van der Waals surface area contributed by atoms with Crippen LogP contribution in [0.15, 0.2) is 58.3 Å². The average Bonchev–Trinajstić information content (AvgIpc) is 2.70. The van der Waals surface area contributed by atoms with Crippen LogP contribution in [0.2, 0.25) is 0 Å². The molecule has 0 saturated carbocycles. The molecule has 0 spiro atoms. The molecule has 1 aliphatic heterocycles. The van der Waals surface area contributed by atoms with Gasteiger partial charge >= 0.3 is 0 Å². The second-order valence-electron chi connectivity index (χ2n) is 6.99. The Hall–Kier alpha value is -1.67. The SMILES string of the molecule is CC(=O)c1ccc(S(=O)(=O)N2CCN(CCSc3ccc(C)cc3)CC2)cc1. The minimum atomic E-state index is -3.51. The van der Waals surface area contributed by atoms with Crippen molar-refractivity contribution in [3.8, 4) is 0 Å². The number of ketones is 1. The van der Waals surface area contributed by atoms with Crippen LogP contribution in [0, 0.1) is 6.92 Å². The van der Waals surface area contributed by atoms with Gasteiger partial charge in [0.05, 0.1) is 4.90 Å². The number of carbonyl (C=O) groups is 1. The number of benzene rings is 2. The van der Waals surface area contributed by atoms with Crippen LogP contribution < -0.4 is 0 Å². The maximum absolute atomic E-state index is 12.8. The third-order valence-electron chi connectivity index (χ3n) is 4.93. The van der Waals surface area contributed by atoms with Crippen molar-refractivity contribution in [2.45, 2.75) is 23.6 Å². The van der Waals surface area contributed by atoms with Gasteiger partial charge in [0.25, 0.3) is 0 Å². The van der Waals surface area contributed by atoms with E-state index in [9.17, 15) is 13.2 Å². The zero-order valence-corrected chi connectivity index (χ0v) is 17.9. The molecular weight excluding hydrogens is 392 g/mol. The Labute approximate surface area is 171 Å². The molecule has 28 heavy (non-hydrogen) atoms. The summed E-state index contributed by atoms with van der Waals surface area (Å²) in [5, 5.41) is 0. The Morgan fingerprint density at radius 2 is 1.57 bits per heavy atom. The van der Waals surface area contributed by atoms with E-state index in [-0.39, 0.29) is 10.7 Å². The number of aryl methyl sites for hydroxylation is 1. The molecule has 2 aromatic carbocycles. The lowest BCUT2D eigenvalue weighted by Gasteiger charge is -2.33. The summed E-state index contributed by atoms with van der Waals surface area (Å²) in [6.45, 7) is 6.95. The molecule has 0 aliphatic carbocycles. The first-order valence-electron chi connectivity index (χ1n) is 9.39. The summed E-state index contributed by atoms with van der Waals surface area (Å²) in [4.78, 5) is 15.2. The molecule has 1 heterocycles. The van der Waals surface area contributed by atoms with Gasteiger partial charge in [0.1, 0.15) is 0 Å². The van der Waals surface area contributed by atoms with Crippen molar-refractivity contribution in [2.75, 3.05) is 38.5 Å². The van der Waals surface area contributed by atoms with Gasteiger partial charge in [0.2, 0.25) is 10.0 Å². The Bertz CT molecular complexity index is 902. The molecule has 7 heteroatoms. The maximum Gasteiger partial charge on any atom is 0.243 e. The second-order valence-corrected chi connectivity index (χ2v) is 10.1. The molecule has 2 aromatic rings. The monoisotopic (exact) mass is 418 g/mol. The first-order chi connectivity index (χ1) is 13.4. The zero-order valence-electron chi connectivity index (χ0n) is 16.3. The van der Waals surface area contributed by atoms with Crippen LogP contribution in [0.4, 0.5) is 0 Å². The van der Waals surface area contributed by atoms with E-state index in [1.165, 1.54) is 29.5 Å². The summed E-state index contributed by atoms with van der Waals surface area (Å²) in [6, 6.07) is 14.7. The highest BCUT2D eigenvalue weighted by Gasteiger charge is 2.28. The van der Waals surface area contributed by atoms with Crippen LogP contribution in [0.1, 0.15) is 22.8 Å². The van der Waals surface area contributed by atoms with Crippen molar-refractivity contribution in [1.82, 2.24) is 9.21 Å². The summed E-state index contributed by atoms with van der Waals surface area (Å²) >= 11 is 1.83. The first kappa shape index (κ1) is 21.0. The molecule has 1 saturated heterocycles. The van der Waals surface area contributed by atoms with Gasteiger partial charge in [-0.15, -0.1) is 11.8 Å². The summed E-state index contributed by atoms with van der Waals surface area (Å²) in [6.07, 6.45) is 0. The topological polar surface area (TPSA) is 57.7 Å². The molecule has 3 rings (SSSR count). The molecule has 5 nitrogen and oxygen atoms in total. The van der Waals surface area contributed by atoms with Gasteiger partial charge in [0, 0.05) is 48.9 Å². The van der Waals surface area contributed by atoms with Crippen LogP contribution in [0.3, 0.4) is 0 Å². The van der Waals surface area contributed by atoms with Crippen LogP contribution in [0.5, 0.6) is 0 Å². The van der Waals surface area contributed by atoms with Gasteiger partial charge in [-0.3, -0.25) is 9.69 Å². The quantitative estimate of drug-likeness (QED) is 0.510. The van der Waals surface area contributed by atoms with Crippen LogP contribution in [0.25, 0.3) is 0 Å². The Balaban J connectivity index is 1.49. The van der Waals surface area contributed by atoms with E-state index < -0.39 is 10.0 Å². The molecule has 0 radical (unpaired) electrons. The Morgan fingerprint density at radius 3 is 2.14 bits per heavy atom. The van der Waals surface area contributed by atoms with Gasteiger partial charge in [-0.05, 0) is 38.1 Å². The Kier molecular flexibility index (Phi) is 6.93. The predicted molar refractivity (Wildman–Crippen MR) is 114 cm³/mol. The van der Waals surface area contributed by atoms with Crippen LogP contribution in [-0.2, 0) is 10.0 Å². The molecular formula is C21H26N2O3S2. The lowest BCUT2D eigenvalue weighted by Crippen LogP contribution is -2.49. The summed E-state index contributed by atoms with van der Waals surface area (Å²) in [5.41, 5.74) is 1.78. The van der Waals surface area contributed by atoms with Crippen molar-refractivity contribution in [3.63, 3.8) is 0 Å². The number of nitrogens with zero attached hydrogens (tertiary/aromatic N) is 2.